The summed E-state index contributed by atoms with van der Waals surface area (Å²) >= 11 is 6.92. The van der Waals surface area contributed by atoms with Crippen LogP contribution in [-0.2, 0) is 18.5 Å². The van der Waals surface area contributed by atoms with E-state index in [-0.39, 0.29) is 5.91 Å². The largest absolute Gasteiger partial charge is 0.320 e. The third-order valence-electron chi connectivity index (χ3n) is 5.09. The third kappa shape index (κ3) is 3.58. The second kappa shape index (κ2) is 7.16. The molecule has 2 fully saturated rings. The molecule has 0 spiro atoms. The quantitative estimate of drug-likeness (QED) is 0.725. The minimum Gasteiger partial charge on any atom is -0.320 e. The van der Waals surface area contributed by atoms with Gasteiger partial charge in [0.25, 0.3) is 0 Å². The van der Waals surface area contributed by atoms with Crippen molar-refractivity contribution in [2.24, 2.45) is 7.05 Å². The highest BCUT2D eigenvalue weighted by atomic mass is 32.1. The summed E-state index contributed by atoms with van der Waals surface area (Å²) in [5.74, 6) is 1.58. The van der Waals surface area contributed by atoms with Gasteiger partial charge in [-0.05, 0) is 37.9 Å². The van der Waals surface area contributed by atoms with E-state index in [1.54, 1.807) is 18.2 Å². The van der Waals surface area contributed by atoms with Crippen molar-refractivity contribution < 1.29 is 4.79 Å². The summed E-state index contributed by atoms with van der Waals surface area (Å²) in [6.07, 6.45) is 5.98. The number of amides is 1. The molecule has 2 aromatic rings. The second-order valence-electron chi connectivity index (χ2n) is 7.10. The molecule has 2 aliphatic rings. The van der Waals surface area contributed by atoms with Crippen molar-refractivity contribution in [2.75, 3.05) is 18.0 Å². The van der Waals surface area contributed by atoms with Gasteiger partial charge in [-0.15, -0.1) is 15.3 Å². The van der Waals surface area contributed by atoms with Crippen LogP contribution in [0.4, 0.5) is 5.13 Å². The lowest BCUT2D eigenvalue weighted by Gasteiger charge is -2.31. The van der Waals surface area contributed by atoms with Gasteiger partial charge in [0.2, 0.25) is 11.0 Å². The van der Waals surface area contributed by atoms with Crippen molar-refractivity contribution >= 4 is 34.6 Å². The molecule has 26 heavy (non-hydrogen) atoms. The van der Waals surface area contributed by atoms with Crippen LogP contribution in [0, 0.1) is 3.95 Å². The molecule has 2 aromatic heterocycles. The van der Waals surface area contributed by atoms with Crippen LogP contribution in [0.15, 0.2) is 6.33 Å². The molecule has 10 heteroatoms. The van der Waals surface area contributed by atoms with Gasteiger partial charge in [-0.25, -0.2) is 4.68 Å². The summed E-state index contributed by atoms with van der Waals surface area (Å²) in [6.45, 7) is 4.23. The summed E-state index contributed by atoms with van der Waals surface area (Å²) in [7, 11) is 2.00. The normalized spacial score (nSPS) is 19.0. The summed E-state index contributed by atoms with van der Waals surface area (Å²) in [4.78, 5) is 16.1. The van der Waals surface area contributed by atoms with Crippen LogP contribution in [0.25, 0.3) is 0 Å². The molecular weight excluding hydrogens is 370 g/mol. The van der Waals surface area contributed by atoms with Gasteiger partial charge in [-0.3, -0.25) is 14.6 Å². The zero-order chi connectivity index (χ0) is 18.3. The zero-order valence-electron chi connectivity index (χ0n) is 15.0. The number of anilines is 1. The molecule has 1 aliphatic heterocycles. The van der Waals surface area contributed by atoms with Gasteiger partial charge >= 0.3 is 0 Å². The number of aryl methyl sites for hydroxylation is 1. The van der Waals surface area contributed by atoms with Gasteiger partial charge in [0.05, 0.1) is 6.67 Å². The average molecular weight is 394 g/mol. The van der Waals surface area contributed by atoms with Crippen LogP contribution in [0.3, 0.4) is 0 Å². The maximum Gasteiger partial charge on any atom is 0.225 e. The number of hydrogen-bond acceptors (Lipinski definition) is 7. The number of likely N-dealkylation sites (tertiary alicyclic amines) is 1. The highest BCUT2D eigenvalue weighted by molar-refractivity contribution is 7.73. The Hall–Kier alpha value is -1.65. The molecule has 0 unspecified atom stereocenters. The SMILES string of the molecule is CC(=O)N(c1nn(CN2CCC(c3nncn3C)CC2)c(=S)s1)C1CC1. The van der Waals surface area contributed by atoms with E-state index in [0.29, 0.717) is 18.6 Å². The number of carbonyl (C=O) groups excluding carboxylic acids is 1. The maximum absolute atomic E-state index is 11.9. The van der Waals surface area contributed by atoms with Crippen molar-refractivity contribution in [3.63, 3.8) is 0 Å². The molecule has 0 aromatic carbocycles. The number of piperidine rings is 1. The van der Waals surface area contributed by atoms with E-state index in [1.165, 1.54) is 11.3 Å². The fraction of sp³-hybridized carbons (Fsp3) is 0.688. The highest BCUT2D eigenvalue weighted by Gasteiger charge is 2.34. The summed E-state index contributed by atoms with van der Waals surface area (Å²) in [6, 6.07) is 0.309. The number of hydrogen-bond donors (Lipinski definition) is 0. The zero-order valence-corrected chi connectivity index (χ0v) is 16.7. The molecular formula is C16H23N7OS2. The lowest BCUT2D eigenvalue weighted by atomic mass is 9.96. The average Bonchev–Trinajstić information content (AvgIpc) is 3.24. The molecule has 0 radical (unpaired) electrons. The Morgan fingerprint density at radius 2 is 2.08 bits per heavy atom. The molecule has 1 saturated heterocycles. The molecule has 1 saturated carbocycles. The topological polar surface area (TPSA) is 72.1 Å². The molecule has 1 amide bonds. The Morgan fingerprint density at radius 3 is 2.65 bits per heavy atom. The van der Waals surface area contributed by atoms with Crippen molar-refractivity contribution in [1.29, 1.82) is 0 Å². The van der Waals surface area contributed by atoms with Crippen molar-refractivity contribution in [1.82, 2.24) is 29.4 Å². The van der Waals surface area contributed by atoms with Crippen LogP contribution in [0.1, 0.15) is 44.3 Å². The number of rotatable bonds is 5. The molecule has 0 bridgehead atoms. The Labute approximate surface area is 161 Å². The predicted octanol–water partition coefficient (Wildman–Crippen LogP) is 2.15. The van der Waals surface area contributed by atoms with E-state index in [1.807, 2.05) is 16.3 Å². The van der Waals surface area contributed by atoms with Crippen molar-refractivity contribution in [2.45, 2.75) is 51.2 Å². The van der Waals surface area contributed by atoms with Gasteiger partial charge < -0.3 is 4.57 Å². The smallest absolute Gasteiger partial charge is 0.225 e. The van der Waals surface area contributed by atoms with Crippen molar-refractivity contribution in [3.8, 4) is 0 Å². The molecule has 0 atom stereocenters. The Bertz CT molecular complexity index is 845. The van der Waals surface area contributed by atoms with Crippen LogP contribution >= 0.6 is 23.6 Å². The molecule has 4 rings (SSSR count). The molecule has 1 aliphatic carbocycles. The molecule has 0 N–H and O–H groups in total. The predicted molar refractivity (Wildman–Crippen MR) is 102 cm³/mol. The van der Waals surface area contributed by atoms with E-state index in [4.69, 9.17) is 12.2 Å². The third-order valence-corrected chi connectivity index (χ3v) is 6.39. The van der Waals surface area contributed by atoms with Gasteiger partial charge in [0, 0.05) is 39.0 Å². The Morgan fingerprint density at radius 1 is 1.35 bits per heavy atom. The first-order valence-corrected chi connectivity index (χ1v) is 10.2. The van der Waals surface area contributed by atoms with E-state index >= 15 is 0 Å². The summed E-state index contributed by atoms with van der Waals surface area (Å²) in [5.41, 5.74) is 0. The minimum absolute atomic E-state index is 0.0490. The Kier molecular flexibility index (Phi) is 4.89. The fourth-order valence-corrected chi connectivity index (χ4v) is 4.74. The molecule has 3 heterocycles. The standard InChI is InChI=1S/C16H23N7OS2/c1-11(24)23(13-3-4-13)15-19-22(16(25)26-15)10-21-7-5-12(6-8-21)14-18-17-9-20(14)2/h9,12-13H,3-8,10H2,1-2H3. The molecule has 8 nitrogen and oxygen atoms in total. The number of nitrogens with zero attached hydrogens (tertiary/aromatic N) is 7. The van der Waals surface area contributed by atoms with Gasteiger partial charge in [0.1, 0.15) is 12.2 Å². The van der Waals surface area contributed by atoms with Crippen LogP contribution < -0.4 is 4.90 Å². The summed E-state index contributed by atoms with van der Waals surface area (Å²) < 4.78 is 4.59. The molecule has 140 valence electrons. The lowest BCUT2D eigenvalue weighted by molar-refractivity contribution is -0.116. The first-order valence-electron chi connectivity index (χ1n) is 8.97. The minimum atomic E-state index is 0.0490. The summed E-state index contributed by atoms with van der Waals surface area (Å²) in [5, 5.41) is 13.6. The van der Waals surface area contributed by atoms with Gasteiger partial charge in [-0.1, -0.05) is 11.3 Å². The van der Waals surface area contributed by atoms with Crippen LogP contribution in [-0.4, -0.2) is 54.5 Å². The highest BCUT2D eigenvalue weighted by Crippen LogP contribution is 2.33. The van der Waals surface area contributed by atoms with E-state index in [9.17, 15) is 4.79 Å². The van der Waals surface area contributed by atoms with E-state index in [0.717, 1.165) is 53.7 Å². The van der Waals surface area contributed by atoms with Crippen molar-refractivity contribution in [3.05, 3.63) is 16.1 Å². The van der Waals surface area contributed by atoms with Gasteiger partial charge in [-0.2, -0.15) is 0 Å². The van der Waals surface area contributed by atoms with Crippen LogP contribution in [0.5, 0.6) is 0 Å². The van der Waals surface area contributed by atoms with Crippen LogP contribution in [0.2, 0.25) is 0 Å². The fourth-order valence-electron chi connectivity index (χ4n) is 3.55. The Balaban J connectivity index is 1.40. The first kappa shape index (κ1) is 17.7. The van der Waals surface area contributed by atoms with E-state index < -0.39 is 0 Å². The maximum atomic E-state index is 11.9. The second-order valence-corrected chi connectivity index (χ2v) is 8.71. The monoisotopic (exact) mass is 393 g/mol. The van der Waals surface area contributed by atoms with E-state index in [2.05, 4.69) is 20.2 Å². The van der Waals surface area contributed by atoms with Gasteiger partial charge in [0.15, 0.2) is 3.95 Å². The number of carbonyl (C=O) groups is 1. The number of aromatic nitrogens is 5. The first-order chi connectivity index (χ1) is 12.5. The lowest BCUT2D eigenvalue weighted by Crippen LogP contribution is -2.35.